The Morgan fingerprint density at radius 1 is 1.47 bits per heavy atom. The summed E-state index contributed by atoms with van der Waals surface area (Å²) >= 11 is 1.62. The lowest BCUT2D eigenvalue weighted by atomic mass is 10.3. The number of carbonyl (C=O) groups is 1. The molecule has 1 rings (SSSR count). The minimum atomic E-state index is -0.0142. The van der Waals surface area contributed by atoms with Gasteiger partial charge in [-0.05, 0) is 32.4 Å². The minimum absolute atomic E-state index is 0. The van der Waals surface area contributed by atoms with E-state index in [4.69, 9.17) is 5.73 Å². The zero-order valence-corrected chi connectivity index (χ0v) is 13.2. The molecule has 1 unspecified atom stereocenters. The van der Waals surface area contributed by atoms with E-state index in [0.29, 0.717) is 13.1 Å². The van der Waals surface area contributed by atoms with Crippen molar-refractivity contribution in [3.05, 3.63) is 24.3 Å². The number of nitrogens with two attached hydrogens (primary N) is 1. The van der Waals surface area contributed by atoms with E-state index in [2.05, 4.69) is 5.32 Å². The maximum Gasteiger partial charge on any atom is 0.238 e. The molecule has 0 saturated carbocycles. The number of nitrogens with zero attached hydrogens (tertiary/aromatic N) is 1. The van der Waals surface area contributed by atoms with Crippen molar-refractivity contribution in [1.29, 1.82) is 0 Å². The van der Waals surface area contributed by atoms with E-state index in [-0.39, 0.29) is 24.4 Å². The van der Waals surface area contributed by atoms with E-state index in [1.165, 1.54) is 0 Å². The molecule has 0 aliphatic carbocycles. The van der Waals surface area contributed by atoms with E-state index < -0.39 is 0 Å². The molecule has 19 heavy (non-hydrogen) atoms. The zero-order chi connectivity index (χ0) is 13.5. The van der Waals surface area contributed by atoms with Gasteiger partial charge in [-0.2, -0.15) is 0 Å². The summed E-state index contributed by atoms with van der Waals surface area (Å²) in [6.45, 7) is 2.99. The van der Waals surface area contributed by atoms with Crippen molar-refractivity contribution in [2.45, 2.75) is 17.9 Å². The molecule has 1 aromatic rings. The first-order chi connectivity index (χ1) is 8.52. The lowest BCUT2D eigenvalue weighted by Gasteiger charge is -2.18. The topological polar surface area (TPSA) is 58.4 Å². The molecule has 3 N–H and O–H groups in total. The fourth-order valence-electron chi connectivity index (χ4n) is 1.74. The van der Waals surface area contributed by atoms with Crippen LogP contribution in [0.15, 0.2) is 29.2 Å². The van der Waals surface area contributed by atoms with Crippen LogP contribution in [0.3, 0.4) is 0 Å². The van der Waals surface area contributed by atoms with Crippen LogP contribution in [0.25, 0.3) is 0 Å². The van der Waals surface area contributed by atoms with Crippen molar-refractivity contribution in [3.63, 3.8) is 0 Å². The summed E-state index contributed by atoms with van der Waals surface area (Å²) in [6, 6.07) is 7.85. The summed E-state index contributed by atoms with van der Waals surface area (Å²) in [5.41, 5.74) is 6.56. The molecule has 1 aromatic carbocycles. The van der Waals surface area contributed by atoms with E-state index >= 15 is 0 Å². The van der Waals surface area contributed by atoms with Crippen LogP contribution in [0.4, 0.5) is 5.69 Å². The number of thioether (sulfide) groups is 1. The third-order valence-electron chi connectivity index (χ3n) is 2.39. The molecule has 0 aliphatic heterocycles. The zero-order valence-electron chi connectivity index (χ0n) is 11.6. The smallest absolute Gasteiger partial charge is 0.238 e. The Hall–Kier alpha value is -0.750. The number of rotatable bonds is 6. The first-order valence-corrected chi connectivity index (χ1v) is 7.12. The van der Waals surface area contributed by atoms with Gasteiger partial charge < -0.3 is 11.1 Å². The second kappa shape index (κ2) is 9.20. The number of para-hydroxylation sites is 1. The van der Waals surface area contributed by atoms with Gasteiger partial charge in [0.2, 0.25) is 5.91 Å². The van der Waals surface area contributed by atoms with Crippen LogP contribution in [0, 0.1) is 0 Å². The highest BCUT2D eigenvalue weighted by molar-refractivity contribution is 7.98. The maximum atomic E-state index is 11.9. The Bertz CT molecular complexity index is 401. The summed E-state index contributed by atoms with van der Waals surface area (Å²) < 4.78 is 0. The fourth-order valence-corrected chi connectivity index (χ4v) is 2.29. The van der Waals surface area contributed by atoms with Crippen molar-refractivity contribution >= 4 is 35.8 Å². The number of carbonyl (C=O) groups excluding carboxylic acids is 1. The lowest BCUT2D eigenvalue weighted by Crippen LogP contribution is -2.37. The highest BCUT2D eigenvalue weighted by Crippen LogP contribution is 2.24. The molecule has 0 aromatic heterocycles. The van der Waals surface area contributed by atoms with Crippen molar-refractivity contribution in [1.82, 2.24) is 4.90 Å². The van der Waals surface area contributed by atoms with Gasteiger partial charge in [0.05, 0.1) is 12.2 Å². The number of hydrogen-bond acceptors (Lipinski definition) is 4. The van der Waals surface area contributed by atoms with E-state index in [1.807, 2.05) is 49.4 Å². The van der Waals surface area contributed by atoms with Crippen LogP contribution in [-0.4, -0.2) is 43.2 Å². The van der Waals surface area contributed by atoms with E-state index in [0.717, 1.165) is 10.6 Å². The quantitative estimate of drug-likeness (QED) is 0.790. The Morgan fingerprint density at radius 3 is 2.68 bits per heavy atom. The molecule has 0 fully saturated rings. The predicted octanol–water partition coefficient (Wildman–Crippen LogP) is 2.05. The summed E-state index contributed by atoms with van der Waals surface area (Å²) in [5, 5.41) is 2.92. The van der Waals surface area contributed by atoms with E-state index in [9.17, 15) is 4.79 Å². The van der Waals surface area contributed by atoms with Gasteiger partial charge in [-0.3, -0.25) is 9.69 Å². The normalized spacial score (nSPS) is 11.8. The molecule has 0 aliphatic rings. The Balaban J connectivity index is 0.00000324. The Labute approximate surface area is 125 Å². The Morgan fingerprint density at radius 2 is 2.11 bits per heavy atom. The van der Waals surface area contributed by atoms with Gasteiger partial charge in [0.25, 0.3) is 0 Å². The van der Waals surface area contributed by atoms with Crippen molar-refractivity contribution in [2.24, 2.45) is 5.73 Å². The molecular weight excluding hydrogens is 282 g/mol. The molecule has 0 spiro atoms. The molecule has 0 radical (unpaired) electrons. The maximum absolute atomic E-state index is 11.9. The van der Waals surface area contributed by atoms with Crippen LogP contribution in [0.1, 0.15) is 6.92 Å². The summed E-state index contributed by atoms with van der Waals surface area (Å²) in [4.78, 5) is 14.9. The van der Waals surface area contributed by atoms with Gasteiger partial charge in [-0.25, -0.2) is 0 Å². The standard InChI is InChI=1S/C13H21N3OS.ClH/c1-10(14)8-16(2)9-13(17)15-11-6-4-5-7-12(11)18-3;/h4-7,10H,8-9,14H2,1-3H3,(H,15,17);1H. The van der Waals surface area contributed by atoms with Crippen LogP contribution < -0.4 is 11.1 Å². The Kier molecular flexibility index (Phi) is 8.84. The number of anilines is 1. The highest BCUT2D eigenvalue weighted by atomic mass is 35.5. The van der Waals surface area contributed by atoms with Gasteiger partial charge in [-0.1, -0.05) is 12.1 Å². The van der Waals surface area contributed by atoms with Crippen molar-refractivity contribution in [2.75, 3.05) is 31.7 Å². The molecule has 4 nitrogen and oxygen atoms in total. The fraction of sp³-hybridized carbons (Fsp3) is 0.462. The predicted molar refractivity (Wildman–Crippen MR) is 85.2 cm³/mol. The van der Waals surface area contributed by atoms with Crippen molar-refractivity contribution in [3.8, 4) is 0 Å². The molecule has 108 valence electrons. The first-order valence-electron chi connectivity index (χ1n) is 5.90. The summed E-state index contributed by atoms with van der Waals surface area (Å²) in [5.74, 6) is -0.0142. The molecule has 1 atom stereocenters. The molecule has 0 saturated heterocycles. The van der Waals surface area contributed by atoms with Gasteiger partial charge in [0, 0.05) is 17.5 Å². The summed E-state index contributed by atoms with van der Waals surface area (Å²) in [7, 11) is 1.89. The summed E-state index contributed by atoms with van der Waals surface area (Å²) in [6.07, 6.45) is 1.99. The molecule has 0 bridgehead atoms. The van der Waals surface area contributed by atoms with E-state index in [1.54, 1.807) is 11.8 Å². The molecule has 6 heteroatoms. The van der Waals surface area contributed by atoms with Gasteiger partial charge >= 0.3 is 0 Å². The second-order valence-corrected chi connectivity index (χ2v) is 5.27. The average molecular weight is 304 g/mol. The largest absolute Gasteiger partial charge is 0.327 e. The van der Waals surface area contributed by atoms with Gasteiger partial charge in [0.15, 0.2) is 0 Å². The van der Waals surface area contributed by atoms with Crippen LogP contribution >= 0.6 is 24.2 Å². The number of likely N-dealkylation sites (N-methyl/N-ethyl adjacent to an activating group) is 1. The second-order valence-electron chi connectivity index (χ2n) is 4.42. The van der Waals surface area contributed by atoms with Gasteiger partial charge in [-0.15, -0.1) is 24.2 Å². The van der Waals surface area contributed by atoms with Crippen LogP contribution in [-0.2, 0) is 4.79 Å². The number of nitrogens with one attached hydrogen (secondary N) is 1. The van der Waals surface area contributed by atoms with Crippen LogP contribution in [0.2, 0.25) is 0 Å². The molecule has 1 amide bonds. The number of amides is 1. The van der Waals surface area contributed by atoms with Crippen LogP contribution in [0.5, 0.6) is 0 Å². The van der Waals surface area contributed by atoms with Crippen molar-refractivity contribution < 1.29 is 4.79 Å². The third-order valence-corrected chi connectivity index (χ3v) is 3.19. The minimum Gasteiger partial charge on any atom is -0.327 e. The monoisotopic (exact) mass is 303 g/mol. The number of halogens is 1. The lowest BCUT2D eigenvalue weighted by molar-refractivity contribution is -0.117. The SMILES string of the molecule is CSc1ccccc1NC(=O)CN(C)CC(C)N.Cl. The molecule has 0 heterocycles. The highest BCUT2D eigenvalue weighted by Gasteiger charge is 2.09. The number of hydrogen-bond donors (Lipinski definition) is 2. The molecular formula is C13H22ClN3OS. The number of benzene rings is 1. The van der Waals surface area contributed by atoms with Gasteiger partial charge in [0.1, 0.15) is 0 Å². The average Bonchev–Trinajstić information content (AvgIpc) is 2.28. The first kappa shape index (κ1) is 18.2. The third kappa shape index (κ3) is 6.82.